The highest BCUT2D eigenvalue weighted by Gasteiger charge is 2.11. The molecule has 0 radical (unpaired) electrons. The third-order valence-electron chi connectivity index (χ3n) is 2.33. The van der Waals surface area contributed by atoms with Gasteiger partial charge in [0.25, 0.3) is 0 Å². The van der Waals surface area contributed by atoms with Gasteiger partial charge in [-0.15, -0.1) is 0 Å². The van der Waals surface area contributed by atoms with Crippen molar-refractivity contribution in [3.63, 3.8) is 0 Å². The predicted octanol–water partition coefficient (Wildman–Crippen LogP) is 2.99. The fourth-order valence-electron chi connectivity index (χ4n) is 1.52. The first-order chi connectivity index (χ1) is 8.99. The lowest BCUT2D eigenvalue weighted by Crippen LogP contribution is -2.03. The number of nitrogens with zero attached hydrogens (tertiary/aromatic N) is 2. The van der Waals surface area contributed by atoms with Crippen LogP contribution >= 0.6 is 0 Å². The van der Waals surface area contributed by atoms with Crippen LogP contribution in [0.25, 0.3) is 0 Å². The van der Waals surface area contributed by atoms with E-state index in [0.717, 1.165) is 12.1 Å². The van der Waals surface area contributed by atoms with Gasteiger partial charge in [-0.05, 0) is 6.92 Å². The van der Waals surface area contributed by atoms with Crippen LogP contribution in [0.4, 0.5) is 30.6 Å². The van der Waals surface area contributed by atoms with Crippen molar-refractivity contribution in [2.24, 2.45) is 0 Å². The maximum Gasteiger partial charge on any atom is 0.224 e. The van der Waals surface area contributed by atoms with E-state index in [1.807, 2.05) is 0 Å². The highest BCUT2D eigenvalue weighted by Crippen LogP contribution is 2.21. The maximum atomic E-state index is 13.1. The number of anilines is 3. The molecule has 0 spiro atoms. The number of rotatable bonds is 3. The Balaban J connectivity index is 2.33. The summed E-state index contributed by atoms with van der Waals surface area (Å²) in [5.74, 6) is -3.31. The van der Waals surface area contributed by atoms with E-state index in [2.05, 4.69) is 20.6 Å². The number of hydrogen-bond donors (Lipinski definition) is 2. The lowest BCUT2D eigenvalue weighted by atomic mass is 10.3. The fraction of sp³-hybridized carbons (Fsp3) is 0.167. The van der Waals surface area contributed by atoms with Gasteiger partial charge < -0.3 is 10.6 Å². The molecule has 0 saturated heterocycles. The van der Waals surface area contributed by atoms with Gasteiger partial charge in [0, 0.05) is 36.6 Å². The number of aryl methyl sites for hydroxylation is 1. The lowest BCUT2D eigenvalue weighted by molar-refractivity contribution is 0.448. The summed E-state index contributed by atoms with van der Waals surface area (Å²) in [6.07, 6.45) is 0. The topological polar surface area (TPSA) is 49.8 Å². The molecule has 0 bridgehead atoms. The van der Waals surface area contributed by atoms with Crippen LogP contribution in [0.15, 0.2) is 18.2 Å². The molecule has 0 amide bonds. The molecule has 2 N–H and O–H groups in total. The minimum Gasteiger partial charge on any atom is -0.357 e. The van der Waals surface area contributed by atoms with Crippen LogP contribution in [0.3, 0.4) is 0 Å². The second kappa shape index (κ2) is 5.13. The van der Waals surface area contributed by atoms with Gasteiger partial charge in [0.1, 0.15) is 5.82 Å². The third kappa shape index (κ3) is 2.93. The smallest absolute Gasteiger partial charge is 0.224 e. The first-order valence-electron chi connectivity index (χ1n) is 5.44. The minimum atomic E-state index is -1.50. The van der Waals surface area contributed by atoms with Gasteiger partial charge in [-0.2, -0.15) is 4.98 Å². The molecule has 4 nitrogen and oxygen atoms in total. The Morgan fingerprint density at radius 3 is 2.21 bits per heavy atom. The lowest BCUT2D eigenvalue weighted by Gasteiger charge is -2.09. The number of halogens is 3. The summed E-state index contributed by atoms with van der Waals surface area (Å²) in [5.41, 5.74) is 0.737. The molecule has 1 heterocycles. The Labute approximate surface area is 107 Å². The van der Waals surface area contributed by atoms with Crippen molar-refractivity contribution < 1.29 is 13.2 Å². The quantitative estimate of drug-likeness (QED) is 0.840. The van der Waals surface area contributed by atoms with Crippen LogP contribution in [0.2, 0.25) is 0 Å². The van der Waals surface area contributed by atoms with Gasteiger partial charge >= 0.3 is 0 Å². The van der Waals surface area contributed by atoms with Gasteiger partial charge in [-0.1, -0.05) is 0 Å². The summed E-state index contributed by atoms with van der Waals surface area (Å²) in [5, 5.41) is 5.45. The monoisotopic (exact) mass is 268 g/mol. The standard InChI is InChI=1S/C12H11F3N4/c1-6-3-10(19-12(16-2)17-6)18-7-4-8(13)11(15)9(14)5-7/h3-5H,1-2H3,(H2,16,17,18,19). The van der Waals surface area contributed by atoms with Crippen molar-refractivity contribution >= 4 is 17.5 Å². The third-order valence-corrected chi connectivity index (χ3v) is 2.33. The van der Waals surface area contributed by atoms with Crippen LogP contribution in [0.1, 0.15) is 5.69 Å². The van der Waals surface area contributed by atoms with Crippen molar-refractivity contribution in [2.45, 2.75) is 6.92 Å². The molecule has 100 valence electrons. The van der Waals surface area contributed by atoms with Crippen molar-refractivity contribution in [3.8, 4) is 0 Å². The van der Waals surface area contributed by atoms with E-state index in [1.165, 1.54) is 0 Å². The molecule has 7 heteroatoms. The SMILES string of the molecule is CNc1nc(C)cc(Nc2cc(F)c(F)c(F)c2)n1. The van der Waals surface area contributed by atoms with E-state index in [0.29, 0.717) is 17.5 Å². The molecule has 0 aliphatic rings. The molecule has 0 unspecified atom stereocenters. The Morgan fingerprint density at radius 1 is 1.00 bits per heavy atom. The summed E-state index contributed by atoms with van der Waals surface area (Å²) in [4.78, 5) is 8.13. The number of hydrogen-bond acceptors (Lipinski definition) is 4. The molecule has 0 atom stereocenters. The first kappa shape index (κ1) is 13.1. The zero-order chi connectivity index (χ0) is 14.0. The van der Waals surface area contributed by atoms with Crippen molar-refractivity contribution in [1.82, 2.24) is 9.97 Å². The number of nitrogens with one attached hydrogen (secondary N) is 2. The fourth-order valence-corrected chi connectivity index (χ4v) is 1.52. The highest BCUT2D eigenvalue weighted by atomic mass is 19.2. The van der Waals surface area contributed by atoms with Gasteiger partial charge in [-0.25, -0.2) is 18.2 Å². The molecule has 1 aromatic heterocycles. The summed E-state index contributed by atoms with van der Waals surface area (Å²) >= 11 is 0. The summed E-state index contributed by atoms with van der Waals surface area (Å²) in [6, 6.07) is 3.31. The molecule has 1 aromatic carbocycles. The first-order valence-corrected chi connectivity index (χ1v) is 5.44. The highest BCUT2D eigenvalue weighted by molar-refractivity contribution is 5.57. The molecule has 19 heavy (non-hydrogen) atoms. The van der Waals surface area contributed by atoms with Crippen molar-refractivity contribution in [2.75, 3.05) is 17.7 Å². The maximum absolute atomic E-state index is 13.1. The minimum absolute atomic E-state index is 0.0663. The van der Waals surface area contributed by atoms with E-state index in [-0.39, 0.29) is 5.69 Å². The Morgan fingerprint density at radius 2 is 1.63 bits per heavy atom. The number of benzene rings is 1. The normalized spacial score (nSPS) is 10.4. The summed E-state index contributed by atoms with van der Waals surface area (Å²) in [6.45, 7) is 1.75. The van der Waals surface area contributed by atoms with Gasteiger partial charge in [0.2, 0.25) is 5.95 Å². The largest absolute Gasteiger partial charge is 0.357 e. The van der Waals surface area contributed by atoms with Crippen LogP contribution < -0.4 is 10.6 Å². The van der Waals surface area contributed by atoms with Crippen LogP contribution in [0.5, 0.6) is 0 Å². The zero-order valence-corrected chi connectivity index (χ0v) is 10.3. The second-order valence-corrected chi connectivity index (χ2v) is 3.85. The van der Waals surface area contributed by atoms with Gasteiger partial charge in [0.15, 0.2) is 17.5 Å². The zero-order valence-electron chi connectivity index (χ0n) is 10.3. The molecular weight excluding hydrogens is 257 g/mol. The molecule has 0 saturated carbocycles. The number of aromatic nitrogens is 2. The van der Waals surface area contributed by atoms with Gasteiger partial charge in [0.05, 0.1) is 0 Å². The summed E-state index contributed by atoms with van der Waals surface area (Å²) in [7, 11) is 1.65. The van der Waals surface area contributed by atoms with E-state index < -0.39 is 17.5 Å². The average molecular weight is 268 g/mol. The van der Waals surface area contributed by atoms with E-state index in [1.54, 1.807) is 20.0 Å². The Hall–Kier alpha value is -2.31. The molecule has 2 rings (SSSR count). The molecule has 2 aromatic rings. The predicted molar refractivity (Wildman–Crippen MR) is 65.9 cm³/mol. The van der Waals surface area contributed by atoms with Gasteiger partial charge in [-0.3, -0.25) is 0 Å². The van der Waals surface area contributed by atoms with Crippen LogP contribution in [-0.2, 0) is 0 Å². The van der Waals surface area contributed by atoms with Crippen LogP contribution in [-0.4, -0.2) is 17.0 Å². The van der Waals surface area contributed by atoms with E-state index in [4.69, 9.17) is 0 Å². The molecule has 0 fully saturated rings. The van der Waals surface area contributed by atoms with Crippen molar-refractivity contribution in [1.29, 1.82) is 0 Å². The van der Waals surface area contributed by atoms with Crippen molar-refractivity contribution in [3.05, 3.63) is 41.3 Å². The molecule has 0 aliphatic heterocycles. The Bertz CT molecular complexity index is 593. The summed E-state index contributed by atoms with van der Waals surface area (Å²) < 4.78 is 39.0. The van der Waals surface area contributed by atoms with E-state index in [9.17, 15) is 13.2 Å². The molecular formula is C12H11F3N4. The Kier molecular flexibility index (Phi) is 3.55. The van der Waals surface area contributed by atoms with Crippen LogP contribution in [0, 0.1) is 24.4 Å². The van der Waals surface area contributed by atoms with E-state index >= 15 is 0 Å². The average Bonchev–Trinajstić information content (AvgIpc) is 2.35. The molecule has 0 aliphatic carbocycles. The second-order valence-electron chi connectivity index (χ2n) is 3.85.